The highest BCUT2D eigenvalue weighted by Crippen LogP contribution is 2.32. The Morgan fingerprint density at radius 3 is 2.47 bits per heavy atom. The van der Waals surface area contributed by atoms with E-state index in [1.807, 2.05) is 0 Å². The van der Waals surface area contributed by atoms with Crippen LogP contribution in [0, 0.1) is 0 Å². The first kappa shape index (κ1) is 12.8. The average Bonchev–Trinajstić information content (AvgIpc) is 2.88. The van der Waals surface area contributed by atoms with Gasteiger partial charge in [0, 0.05) is 37.7 Å². The Morgan fingerprint density at radius 1 is 1.16 bits per heavy atom. The van der Waals surface area contributed by atoms with Gasteiger partial charge in [0.25, 0.3) is 0 Å². The maximum atomic E-state index is 5.75. The molecule has 104 valence electrons. The second-order valence-electron chi connectivity index (χ2n) is 5.55. The zero-order chi connectivity index (χ0) is 13.3. The van der Waals surface area contributed by atoms with Crippen molar-refractivity contribution in [3.05, 3.63) is 18.1 Å². The highest BCUT2D eigenvalue weighted by Gasteiger charge is 2.40. The summed E-state index contributed by atoms with van der Waals surface area (Å²) in [6, 6.07) is 2.10. The van der Waals surface area contributed by atoms with E-state index >= 15 is 0 Å². The molecular weight excluding hydrogens is 242 g/mol. The van der Waals surface area contributed by atoms with Crippen LogP contribution < -0.4 is 4.90 Å². The third-order valence-electron chi connectivity index (χ3n) is 3.93. The predicted molar refractivity (Wildman–Crippen MR) is 72.2 cm³/mol. The first-order chi connectivity index (χ1) is 9.19. The molecule has 3 rings (SSSR count). The molecule has 0 aliphatic carbocycles. The number of hydrogen-bond donors (Lipinski definition) is 0. The third kappa shape index (κ3) is 2.58. The van der Waals surface area contributed by atoms with Crippen LogP contribution in [0.3, 0.4) is 0 Å². The quantitative estimate of drug-likeness (QED) is 0.816. The Bertz CT molecular complexity index is 434. The largest absolute Gasteiger partial charge is 0.356 e. The summed E-state index contributed by atoms with van der Waals surface area (Å²) >= 11 is 0. The van der Waals surface area contributed by atoms with Gasteiger partial charge in [0.05, 0.1) is 13.2 Å². The predicted octanol–water partition coefficient (Wildman–Crippen LogP) is 1.94. The second-order valence-corrected chi connectivity index (χ2v) is 5.55. The number of hydrogen-bond acceptors (Lipinski definition) is 5. The number of nitrogens with zero attached hydrogens (tertiary/aromatic N) is 3. The Kier molecular flexibility index (Phi) is 3.41. The summed E-state index contributed by atoms with van der Waals surface area (Å²) in [6.07, 6.45) is 3.49. The summed E-state index contributed by atoms with van der Waals surface area (Å²) in [6.45, 7) is 7.61. The van der Waals surface area contributed by atoms with Crippen molar-refractivity contribution in [2.75, 3.05) is 31.2 Å². The Labute approximate surface area is 113 Å². The molecule has 0 atom stereocenters. The van der Waals surface area contributed by atoms with Crippen LogP contribution in [0.2, 0.25) is 0 Å². The van der Waals surface area contributed by atoms with Gasteiger partial charge in [-0.1, -0.05) is 13.8 Å². The van der Waals surface area contributed by atoms with Crippen LogP contribution in [0.25, 0.3) is 0 Å². The molecule has 2 aliphatic heterocycles. The molecule has 19 heavy (non-hydrogen) atoms. The van der Waals surface area contributed by atoms with Crippen molar-refractivity contribution in [1.29, 1.82) is 0 Å². The van der Waals surface area contributed by atoms with Gasteiger partial charge in [0.2, 0.25) is 0 Å². The summed E-state index contributed by atoms with van der Waals surface area (Å²) in [5, 5.41) is 0. The summed E-state index contributed by atoms with van der Waals surface area (Å²) < 4.78 is 11.5. The fourth-order valence-corrected chi connectivity index (χ4v) is 2.71. The summed E-state index contributed by atoms with van der Waals surface area (Å²) in [4.78, 5) is 11.0. The van der Waals surface area contributed by atoms with E-state index in [2.05, 4.69) is 34.8 Å². The van der Waals surface area contributed by atoms with E-state index in [0.29, 0.717) is 5.92 Å². The maximum absolute atomic E-state index is 5.75. The van der Waals surface area contributed by atoms with Crippen molar-refractivity contribution >= 4 is 5.82 Å². The van der Waals surface area contributed by atoms with Gasteiger partial charge in [-0.2, -0.15) is 0 Å². The fourth-order valence-electron chi connectivity index (χ4n) is 2.71. The molecule has 0 saturated carbocycles. The lowest BCUT2D eigenvalue weighted by Crippen LogP contribution is -2.45. The van der Waals surface area contributed by atoms with E-state index in [1.165, 1.54) is 0 Å². The Hall–Kier alpha value is -1.20. The third-order valence-corrected chi connectivity index (χ3v) is 3.93. The highest BCUT2D eigenvalue weighted by molar-refractivity contribution is 5.40. The normalized spacial score (nSPS) is 22.4. The fraction of sp³-hybridized carbons (Fsp3) is 0.714. The summed E-state index contributed by atoms with van der Waals surface area (Å²) in [5.41, 5.74) is 1.10. The van der Waals surface area contributed by atoms with Crippen LogP contribution >= 0.6 is 0 Å². The van der Waals surface area contributed by atoms with Crippen LogP contribution in [-0.2, 0) is 9.47 Å². The van der Waals surface area contributed by atoms with Gasteiger partial charge >= 0.3 is 0 Å². The van der Waals surface area contributed by atoms with Crippen LogP contribution in [-0.4, -0.2) is 42.1 Å². The smallest absolute Gasteiger partial charge is 0.171 e. The van der Waals surface area contributed by atoms with Gasteiger partial charge in [-0.3, -0.25) is 0 Å². The number of ether oxygens (including phenoxy) is 2. The summed E-state index contributed by atoms with van der Waals surface area (Å²) in [5.74, 6) is 1.13. The molecule has 3 heterocycles. The topological polar surface area (TPSA) is 47.5 Å². The number of rotatable bonds is 2. The standard InChI is InChI=1S/C14H21N3O2/c1-11(2)12-9-13(16-10-15-12)17-5-3-14(4-6-17)18-7-8-19-14/h9-11H,3-8H2,1-2H3. The molecule has 1 spiro atoms. The Balaban J connectivity index is 1.69. The van der Waals surface area contributed by atoms with Gasteiger partial charge in [-0.25, -0.2) is 9.97 Å². The molecule has 2 fully saturated rings. The molecule has 5 heteroatoms. The van der Waals surface area contributed by atoms with Crippen molar-refractivity contribution in [2.45, 2.75) is 38.4 Å². The zero-order valence-corrected chi connectivity index (χ0v) is 11.6. The number of anilines is 1. The summed E-state index contributed by atoms with van der Waals surface area (Å²) in [7, 11) is 0. The van der Waals surface area contributed by atoms with E-state index < -0.39 is 0 Å². The van der Waals surface area contributed by atoms with Gasteiger partial charge in [0.1, 0.15) is 12.1 Å². The minimum absolute atomic E-state index is 0.315. The van der Waals surface area contributed by atoms with Crippen LogP contribution in [0.15, 0.2) is 12.4 Å². The van der Waals surface area contributed by atoms with E-state index in [1.54, 1.807) is 6.33 Å². The number of aromatic nitrogens is 2. The van der Waals surface area contributed by atoms with E-state index in [9.17, 15) is 0 Å². The van der Waals surface area contributed by atoms with Crippen molar-refractivity contribution in [3.63, 3.8) is 0 Å². The second kappa shape index (κ2) is 5.06. The molecule has 5 nitrogen and oxygen atoms in total. The average molecular weight is 263 g/mol. The van der Waals surface area contributed by atoms with Gasteiger partial charge in [0.15, 0.2) is 5.79 Å². The van der Waals surface area contributed by atoms with E-state index in [0.717, 1.165) is 50.7 Å². The molecule has 1 aromatic heterocycles. The van der Waals surface area contributed by atoms with Crippen LogP contribution in [0.4, 0.5) is 5.82 Å². The van der Waals surface area contributed by atoms with Crippen molar-refractivity contribution < 1.29 is 9.47 Å². The van der Waals surface area contributed by atoms with Crippen LogP contribution in [0.5, 0.6) is 0 Å². The Morgan fingerprint density at radius 2 is 1.84 bits per heavy atom. The molecule has 0 N–H and O–H groups in total. The lowest BCUT2D eigenvalue weighted by Gasteiger charge is -2.38. The van der Waals surface area contributed by atoms with Crippen molar-refractivity contribution in [3.8, 4) is 0 Å². The maximum Gasteiger partial charge on any atom is 0.171 e. The van der Waals surface area contributed by atoms with Gasteiger partial charge in [-0.05, 0) is 5.92 Å². The van der Waals surface area contributed by atoms with Gasteiger partial charge in [-0.15, -0.1) is 0 Å². The van der Waals surface area contributed by atoms with Crippen molar-refractivity contribution in [1.82, 2.24) is 9.97 Å². The van der Waals surface area contributed by atoms with Crippen molar-refractivity contribution in [2.24, 2.45) is 0 Å². The molecular formula is C14H21N3O2. The SMILES string of the molecule is CC(C)c1cc(N2CCC3(CC2)OCCO3)ncn1. The first-order valence-corrected chi connectivity index (χ1v) is 7.03. The molecule has 2 aliphatic rings. The molecule has 0 aromatic carbocycles. The number of piperidine rings is 1. The molecule has 0 bridgehead atoms. The molecule has 0 unspecified atom stereocenters. The molecule has 0 amide bonds. The van der Waals surface area contributed by atoms with E-state index in [-0.39, 0.29) is 5.79 Å². The van der Waals surface area contributed by atoms with Crippen LogP contribution in [0.1, 0.15) is 38.3 Å². The van der Waals surface area contributed by atoms with Gasteiger partial charge < -0.3 is 14.4 Å². The monoisotopic (exact) mass is 263 g/mol. The minimum Gasteiger partial charge on any atom is -0.356 e. The lowest BCUT2D eigenvalue weighted by atomic mass is 10.0. The molecule has 0 radical (unpaired) electrons. The molecule has 1 aromatic rings. The zero-order valence-electron chi connectivity index (χ0n) is 11.6. The first-order valence-electron chi connectivity index (χ1n) is 7.03. The highest BCUT2D eigenvalue weighted by atomic mass is 16.7. The lowest BCUT2D eigenvalue weighted by molar-refractivity contribution is -0.169. The van der Waals surface area contributed by atoms with E-state index in [4.69, 9.17) is 9.47 Å². The molecule has 2 saturated heterocycles. The minimum atomic E-state index is -0.315.